The second kappa shape index (κ2) is 7.54. The quantitative estimate of drug-likeness (QED) is 0.773. The summed E-state index contributed by atoms with van der Waals surface area (Å²) in [5.74, 6) is -0.159. The summed E-state index contributed by atoms with van der Waals surface area (Å²) < 4.78 is 4.83. The second-order valence-electron chi connectivity index (χ2n) is 4.55. The molecule has 0 spiro atoms. The second-order valence-corrected chi connectivity index (χ2v) is 5.89. The molecule has 0 bridgehead atoms. The maximum atomic E-state index is 11.6. The highest BCUT2D eigenvalue weighted by Gasteiger charge is 2.18. The van der Waals surface area contributed by atoms with Crippen LogP contribution in [-0.2, 0) is 16.1 Å². The largest absolute Gasteiger partial charge is 0.468 e. The van der Waals surface area contributed by atoms with E-state index in [-0.39, 0.29) is 12.0 Å². The first-order chi connectivity index (χ1) is 8.58. The Labute approximate surface area is 114 Å². The third kappa shape index (κ3) is 4.42. The summed E-state index contributed by atoms with van der Waals surface area (Å²) >= 11 is 1.78. The number of nitrogens with one attached hydrogen (secondary N) is 1. The number of rotatable bonds is 7. The third-order valence-electron chi connectivity index (χ3n) is 3.07. The molecule has 1 heterocycles. The predicted molar refractivity (Wildman–Crippen MR) is 76.0 cm³/mol. The molecule has 0 aliphatic rings. The average molecular weight is 269 g/mol. The third-order valence-corrected chi connectivity index (χ3v) is 4.22. The summed E-state index contributed by atoms with van der Waals surface area (Å²) in [6.07, 6.45) is 2.97. The van der Waals surface area contributed by atoms with Gasteiger partial charge in [0, 0.05) is 16.3 Å². The molecule has 0 radical (unpaired) electrons. The molecule has 1 aromatic heterocycles. The van der Waals surface area contributed by atoms with Crippen LogP contribution in [0.1, 0.15) is 41.5 Å². The Kier molecular flexibility index (Phi) is 6.36. The summed E-state index contributed by atoms with van der Waals surface area (Å²) in [4.78, 5) is 14.2. The van der Waals surface area contributed by atoms with Gasteiger partial charge < -0.3 is 4.74 Å². The molecule has 3 nitrogen and oxygen atoms in total. The van der Waals surface area contributed by atoms with Crippen LogP contribution in [0.3, 0.4) is 0 Å². The van der Waals surface area contributed by atoms with Gasteiger partial charge in [0.1, 0.15) is 6.04 Å². The van der Waals surface area contributed by atoms with Crippen LogP contribution >= 0.6 is 11.3 Å². The molecule has 102 valence electrons. The molecule has 4 heteroatoms. The first-order valence-electron chi connectivity index (χ1n) is 6.45. The van der Waals surface area contributed by atoms with Crippen molar-refractivity contribution in [3.05, 3.63) is 21.4 Å². The smallest absolute Gasteiger partial charge is 0.322 e. The van der Waals surface area contributed by atoms with E-state index in [0.29, 0.717) is 0 Å². The number of methoxy groups -OCH3 is 1. The van der Waals surface area contributed by atoms with E-state index in [9.17, 15) is 4.79 Å². The standard InChI is InChI=1S/C14H23NO2S/c1-5-6-7-13(14(16)17-4)15-9-12-8-10(2)11(3)18-12/h8,13,15H,5-7,9H2,1-4H3. The van der Waals surface area contributed by atoms with Gasteiger partial charge in [-0.15, -0.1) is 11.3 Å². The van der Waals surface area contributed by atoms with E-state index in [1.54, 1.807) is 11.3 Å². The van der Waals surface area contributed by atoms with Gasteiger partial charge >= 0.3 is 5.97 Å². The lowest BCUT2D eigenvalue weighted by Gasteiger charge is -2.15. The topological polar surface area (TPSA) is 38.3 Å². The molecule has 0 amide bonds. The molecule has 0 fully saturated rings. The van der Waals surface area contributed by atoms with Crippen molar-refractivity contribution in [2.45, 2.75) is 52.6 Å². The van der Waals surface area contributed by atoms with Crippen LogP contribution in [0.2, 0.25) is 0 Å². The molecule has 1 unspecified atom stereocenters. The van der Waals surface area contributed by atoms with Gasteiger partial charge in [0.15, 0.2) is 0 Å². The van der Waals surface area contributed by atoms with Gasteiger partial charge in [-0.1, -0.05) is 19.8 Å². The number of ether oxygens (including phenoxy) is 1. The van der Waals surface area contributed by atoms with Crippen LogP contribution in [0, 0.1) is 13.8 Å². The summed E-state index contributed by atoms with van der Waals surface area (Å²) in [6, 6.07) is 2.00. The Morgan fingerprint density at radius 2 is 2.22 bits per heavy atom. The minimum Gasteiger partial charge on any atom is -0.468 e. The number of hydrogen-bond acceptors (Lipinski definition) is 4. The maximum absolute atomic E-state index is 11.6. The minimum atomic E-state index is -0.183. The zero-order valence-corrected chi connectivity index (χ0v) is 12.5. The van der Waals surface area contributed by atoms with Crippen molar-refractivity contribution >= 4 is 17.3 Å². The molecule has 1 rings (SSSR count). The molecular formula is C14H23NO2S. The van der Waals surface area contributed by atoms with Crippen LogP contribution in [0.15, 0.2) is 6.07 Å². The summed E-state index contributed by atoms with van der Waals surface area (Å²) in [5.41, 5.74) is 1.32. The lowest BCUT2D eigenvalue weighted by molar-refractivity contribution is -0.143. The van der Waals surface area contributed by atoms with Crippen LogP contribution in [0.4, 0.5) is 0 Å². The van der Waals surface area contributed by atoms with Gasteiger partial charge in [0.2, 0.25) is 0 Å². The monoisotopic (exact) mass is 269 g/mol. The van der Waals surface area contributed by atoms with E-state index >= 15 is 0 Å². The van der Waals surface area contributed by atoms with E-state index in [4.69, 9.17) is 4.74 Å². The number of carbonyl (C=O) groups excluding carboxylic acids is 1. The zero-order valence-electron chi connectivity index (χ0n) is 11.7. The molecule has 0 aromatic carbocycles. The molecule has 18 heavy (non-hydrogen) atoms. The van der Waals surface area contributed by atoms with Crippen LogP contribution in [-0.4, -0.2) is 19.1 Å². The van der Waals surface area contributed by atoms with E-state index in [2.05, 4.69) is 32.2 Å². The molecule has 0 saturated heterocycles. The highest BCUT2D eigenvalue weighted by molar-refractivity contribution is 7.12. The summed E-state index contributed by atoms with van der Waals surface area (Å²) in [7, 11) is 1.45. The molecule has 0 aliphatic heterocycles. The number of thiophene rings is 1. The lowest BCUT2D eigenvalue weighted by atomic mass is 10.1. The van der Waals surface area contributed by atoms with E-state index in [1.165, 1.54) is 22.4 Å². The fourth-order valence-electron chi connectivity index (χ4n) is 1.81. The van der Waals surface area contributed by atoms with Gasteiger partial charge in [-0.3, -0.25) is 10.1 Å². The van der Waals surface area contributed by atoms with Crippen molar-refractivity contribution in [2.75, 3.05) is 7.11 Å². The molecule has 1 aromatic rings. The Bertz CT molecular complexity index is 368. The molecular weight excluding hydrogens is 246 g/mol. The van der Waals surface area contributed by atoms with Crippen LogP contribution < -0.4 is 5.32 Å². The van der Waals surface area contributed by atoms with Crippen molar-refractivity contribution in [3.8, 4) is 0 Å². The molecule has 1 atom stereocenters. The van der Waals surface area contributed by atoms with E-state index in [0.717, 1.165) is 25.8 Å². The highest BCUT2D eigenvalue weighted by atomic mass is 32.1. The number of carbonyl (C=O) groups is 1. The predicted octanol–water partition coefficient (Wildman–Crippen LogP) is 3.19. The van der Waals surface area contributed by atoms with Gasteiger partial charge in [-0.25, -0.2) is 0 Å². The fourth-order valence-corrected chi connectivity index (χ4v) is 2.82. The summed E-state index contributed by atoms with van der Waals surface area (Å²) in [6.45, 7) is 7.10. The summed E-state index contributed by atoms with van der Waals surface area (Å²) in [5, 5.41) is 3.30. The minimum absolute atomic E-state index is 0.159. The molecule has 1 N–H and O–H groups in total. The highest BCUT2D eigenvalue weighted by Crippen LogP contribution is 2.20. The van der Waals surface area contributed by atoms with Crippen LogP contribution in [0.25, 0.3) is 0 Å². The number of aryl methyl sites for hydroxylation is 2. The zero-order chi connectivity index (χ0) is 13.5. The fraction of sp³-hybridized carbons (Fsp3) is 0.643. The van der Waals surface area contributed by atoms with E-state index in [1.807, 2.05) is 0 Å². The van der Waals surface area contributed by atoms with Gasteiger partial charge in [-0.2, -0.15) is 0 Å². The van der Waals surface area contributed by atoms with Crippen molar-refractivity contribution in [1.82, 2.24) is 5.32 Å². The van der Waals surface area contributed by atoms with Crippen molar-refractivity contribution in [1.29, 1.82) is 0 Å². The number of unbranched alkanes of at least 4 members (excludes halogenated alkanes) is 1. The van der Waals surface area contributed by atoms with Gasteiger partial charge in [-0.05, 0) is 31.9 Å². The van der Waals surface area contributed by atoms with Crippen molar-refractivity contribution < 1.29 is 9.53 Å². The van der Waals surface area contributed by atoms with Crippen molar-refractivity contribution in [2.24, 2.45) is 0 Å². The number of hydrogen-bond donors (Lipinski definition) is 1. The normalized spacial score (nSPS) is 12.4. The van der Waals surface area contributed by atoms with Crippen molar-refractivity contribution in [3.63, 3.8) is 0 Å². The van der Waals surface area contributed by atoms with Crippen LogP contribution in [0.5, 0.6) is 0 Å². The Morgan fingerprint density at radius 3 is 2.72 bits per heavy atom. The lowest BCUT2D eigenvalue weighted by Crippen LogP contribution is -2.37. The van der Waals surface area contributed by atoms with E-state index < -0.39 is 0 Å². The first-order valence-corrected chi connectivity index (χ1v) is 7.27. The Morgan fingerprint density at radius 1 is 1.50 bits per heavy atom. The van der Waals surface area contributed by atoms with Gasteiger partial charge in [0.05, 0.1) is 7.11 Å². The molecule has 0 saturated carbocycles. The van der Waals surface area contributed by atoms with Gasteiger partial charge in [0.25, 0.3) is 0 Å². The number of esters is 1. The SMILES string of the molecule is CCCCC(NCc1cc(C)c(C)s1)C(=O)OC. The first kappa shape index (κ1) is 15.2. The Hall–Kier alpha value is -0.870. The Balaban J connectivity index is 2.52. The molecule has 0 aliphatic carbocycles. The maximum Gasteiger partial charge on any atom is 0.322 e. The average Bonchev–Trinajstić information content (AvgIpc) is 2.68.